The van der Waals surface area contributed by atoms with Crippen LogP contribution >= 0.6 is 24.0 Å². The van der Waals surface area contributed by atoms with Crippen molar-refractivity contribution in [3.8, 4) is 11.4 Å². The second kappa shape index (κ2) is 11.2. The number of hydrogen-bond donors (Lipinski definition) is 1. The molecule has 0 aliphatic heterocycles. The molecule has 26 heavy (non-hydrogen) atoms. The maximum Gasteiger partial charge on any atom is 0.373 e. The van der Waals surface area contributed by atoms with Crippen LogP contribution in [0.25, 0.3) is 11.4 Å². The minimum atomic E-state index is 0.250. The van der Waals surface area contributed by atoms with Crippen LogP contribution < -0.4 is 0 Å². The molecule has 134 valence electrons. The third kappa shape index (κ3) is 6.11. The summed E-state index contributed by atoms with van der Waals surface area (Å²) in [4.78, 5) is 16.2. The van der Waals surface area contributed by atoms with Gasteiger partial charge in [0.1, 0.15) is 0 Å². The number of aromatic amines is 1. The van der Waals surface area contributed by atoms with E-state index in [-0.39, 0.29) is 6.15 Å². The normalized spacial score (nSPS) is 9.85. The zero-order valence-corrected chi connectivity index (χ0v) is 15.8. The van der Waals surface area contributed by atoms with Crippen LogP contribution in [0.4, 0.5) is 0 Å². The Kier molecular flexibility index (Phi) is 8.55. The van der Waals surface area contributed by atoms with Gasteiger partial charge in [0.15, 0.2) is 10.6 Å². The van der Waals surface area contributed by atoms with E-state index in [1.807, 2.05) is 30.0 Å². The molecule has 0 saturated carbocycles. The fourth-order valence-corrected chi connectivity index (χ4v) is 3.54. The lowest BCUT2D eigenvalue weighted by molar-refractivity contribution is -0.191. The van der Waals surface area contributed by atoms with Crippen molar-refractivity contribution in [1.82, 2.24) is 14.8 Å². The van der Waals surface area contributed by atoms with Crippen LogP contribution in [0.15, 0.2) is 60.7 Å². The number of carbonyl (C=O) groups excluding carboxylic acids is 2. The Labute approximate surface area is 161 Å². The Morgan fingerprint density at radius 1 is 1.00 bits per heavy atom. The van der Waals surface area contributed by atoms with Crippen molar-refractivity contribution < 1.29 is 9.59 Å². The Balaban J connectivity index is 0.000000758. The van der Waals surface area contributed by atoms with Gasteiger partial charge in [-0.1, -0.05) is 60.7 Å². The van der Waals surface area contributed by atoms with Crippen molar-refractivity contribution in [2.75, 3.05) is 11.5 Å². The average molecular weight is 386 g/mol. The molecule has 3 aromatic rings. The number of benzene rings is 2. The van der Waals surface area contributed by atoms with Crippen molar-refractivity contribution in [1.29, 1.82) is 0 Å². The summed E-state index contributed by atoms with van der Waals surface area (Å²) < 4.78 is 2.77. The van der Waals surface area contributed by atoms with Crippen LogP contribution in [0.5, 0.6) is 0 Å². The van der Waals surface area contributed by atoms with E-state index in [4.69, 9.17) is 21.8 Å². The first-order valence-corrected chi connectivity index (χ1v) is 9.64. The summed E-state index contributed by atoms with van der Waals surface area (Å²) in [5.41, 5.74) is 2.49. The summed E-state index contributed by atoms with van der Waals surface area (Å²) in [6.07, 6.45) is 1.35. The van der Waals surface area contributed by atoms with Gasteiger partial charge in [-0.05, 0) is 30.0 Å². The highest BCUT2D eigenvalue weighted by Gasteiger charge is 2.07. The third-order valence-corrected chi connectivity index (χ3v) is 4.90. The highest BCUT2D eigenvalue weighted by atomic mass is 32.2. The van der Waals surface area contributed by atoms with Crippen LogP contribution in [-0.4, -0.2) is 32.4 Å². The molecule has 0 atom stereocenters. The van der Waals surface area contributed by atoms with Gasteiger partial charge in [-0.15, -0.1) is 0 Å². The first-order chi connectivity index (χ1) is 12.8. The quantitative estimate of drug-likeness (QED) is 0.492. The molecule has 2 aromatic carbocycles. The molecule has 0 bridgehead atoms. The zero-order chi connectivity index (χ0) is 18.6. The van der Waals surface area contributed by atoms with Crippen LogP contribution in [0.2, 0.25) is 0 Å². The maximum absolute atomic E-state index is 8.12. The number of H-pyrrole nitrogens is 1. The lowest BCUT2D eigenvalue weighted by Gasteiger charge is -2.07. The molecule has 0 amide bonds. The Morgan fingerprint density at radius 3 is 2.27 bits per heavy atom. The van der Waals surface area contributed by atoms with Gasteiger partial charge in [0.2, 0.25) is 0 Å². The van der Waals surface area contributed by atoms with E-state index in [1.54, 1.807) is 0 Å². The van der Waals surface area contributed by atoms with Crippen LogP contribution in [0, 0.1) is 4.77 Å². The highest BCUT2D eigenvalue weighted by molar-refractivity contribution is 7.99. The molecule has 3 rings (SSSR count). The monoisotopic (exact) mass is 385 g/mol. The number of aromatic nitrogens is 3. The van der Waals surface area contributed by atoms with Crippen molar-refractivity contribution in [3.05, 3.63) is 71.0 Å². The highest BCUT2D eigenvalue weighted by Crippen LogP contribution is 2.17. The predicted octanol–water partition coefficient (Wildman–Crippen LogP) is 4.00. The van der Waals surface area contributed by atoms with Crippen molar-refractivity contribution in [2.45, 2.75) is 13.0 Å². The van der Waals surface area contributed by atoms with Gasteiger partial charge in [0.25, 0.3) is 0 Å². The topological polar surface area (TPSA) is 67.8 Å². The summed E-state index contributed by atoms with van der Waals surface area (Å²) in [7, 11) is 0. The predicted molar refractivity (Wildman–Crippen MR) is 105 cm³/mol. The molecule has 5 nitrogen and oxygen atoms in total. The SMILES string of the molecule is O=C=O.S=c1[nH]nc(-c2ccccc2)n1CCSCCc1ccccc1. The van der Waals surface area contributed by atoms with Gasteiger partial charge in [0.05, 0.1) is 0 Å². The number of nitrogens with one attached hydrogen (secondary N) is 1. The van der Waals surface area contributed by atoms with E-state index in [9.17, 15) is 0 Å². The van der Waals surface area contributed by atoms with Crippen molar-refractivity contribution in [3.63, 3.8) is 0 Å². The Morgan fingerprint density at radius 2 is 1.62 bits per heavy atom. The second-order valence-corrected chi connectivity index (χ2v) is 6.91. The summed E-state index contributed by atoms with van der Waals surface area (Å²) >= 11 is 7.31. The molecule has 0 radical (unpaired) electrons. The molecular weight excluding hydrogens is 366 g/mol. The van der Waals surface area contributed by atoms with Crippen LogP contribution in [0.3, 0.4) is 0 Å². The second-order valence-electron chi connectivity index (χ2n) is 5.30. The van der Waals surface area contributed by atoms with E-state index in [0.717, 1.165) is 35.9 Å². The molecular formula is C19H19N3O2S2. The van der Waals surface area contributed by atoms with Gasteiger partial charge in [0, 0.05) is 17.9 Å². The molecule has 0 spiro atoms. The van der Waals surface area contributed by atoms with E-state index < -0.39 is 0 Å². The summed E-state index contributed by atoms with van der Waals surface area (Å²) in [5, 5.41) is 7.28. The standard InChI is InChI=1S/C18H19N3S2.CO2/c22-18-20-19-17(16-9-5-2-6-10-16)21(18)12-14-23-13-11-15-7-3-1-4-8-15;2-1-3/h1-10H,11-14H2,(H,20,22);. The summed E-state index contributed by atoms with van der Waals surface area (Å²) in [5.74, 6) is 3.07. The largest absolute Gasteiger partial charge is 0.373 e. The lowest BCUT2D eigenvalue weighted by Crippen LogP contribution is -2.04. The van der Waals surface area contributed by atoms with Crippen molar-refractivity contribution in [2.24, 2.45) is 0 Å². The molecule has 0 saturated heterocycles. The van der Waals surface area contributed by atoms with Gasteiger partial charge in [-0.2, -0.15) is 26.4 Å². The minimum absolute atomic E-state index is 0.250. The zero-order valence-electron chi connectivity index (χ0n) is 14.1. The minimum Gasteiger partial charge on any atom is -0.299 e. The average Bonchev–Trinajstić information content (AvgIpc) is 3.04. The molecule has 0 fully saturated rings. The number of thioether (sulfide) groups is 1. The molecule has 0 aliphatic carbocycles. The Bertz CT molecular complexity index is 871. The molecule has 7 heteroatoms. The lowest BCUT2D eigenvalue weighted by atomic mass is 10.2. The van der Waals surface area contributed by atoms with Crippen LogP contribution in [-0.2, 0) is 22.6 Å². The number of aryl methyl sites for hydroxylation is 1. The smallest absolute Gasteiger partial charge is 0.299 e. The fraction of sp³-hybridized carbons (Fsp3) is 0.211. The number of rotatable bonds is 7. The third-order valence-electron chi connectivity index (χ3n) is 3.63. The number of hydrogen-bond acceptors (Lipinski definition) is 5. The van der Waals surface area contributed by atoms with Crippen LogP contribution in [0.1, 0.15) is 5.56 Å². The summed E-state index contributed by atoms with van der Waals surface area (Å²) in [6.45, 7) is 0.874. The van der Waals surface area contributed by atoms with E-state index in [1.165, 1.54) is 5.56 Å². The van der Waals surface area contributed by atoms with E-state index >= 15 is 0 Å². The molecule has 1 heterocycles. The molecule has 1 N–H and O–H groups in total. The Hall–Kier alpha value is -2.47. The fourth-order valence-electron chi connectivity index (χ4n) is 2.43. The molecule has 0 aliphatic rings. The first kappa shape index (κ1) is 19.8. The van der Waals surface area contributed by atoms with Gasteiger partial charge in [-0.25, -0.2) is 0 Å². The van der Waals surface area contributed by atoms with Gasteiger partial charge < -0.3 is 0 Å². The molecule has 0 unspecified atom stereocenters. The van der Waals surface area contributed by atoms with Crippen molar-refractivity contribution >= 4 is 30.1 Å². The summed E-state index contributed by atoms with van der Waals surface area (Å²) in [6, 6.07) is 20.8. The molecule has 1 aromatic heterocycles. The number of nitrogens with zero attached hydrogens (tertiary/aromatic N) is 2. The maximum atomic E-state index is 8.12. The first-order valence-electron chi connectivity index (χ1n) is 8.08. The van der Waals surface area contributed by atoms with Gasteiger partial charge in [-0.3, -0.25) is 9.67 Å². The van der Waals surface area contributed by atoms with E-state index in [2.05, 4.69) is 57.2 Å². The van der Waals surface area contributed by atoms with E-state index in [0.29, 0.717) is 4.77 Å². The van der Waals surface area contributed by atoms with Gasteiger partial charge >= 0.3 is 6.15 Å².